The number of nitrogens with zero attached hydrogens (tertiary/aromatic N) is 5. The molecule has 5 rings (SSSR count). The molecule has 0 atom stereocenters. The summed E-state index contributed by atoms with van der Waals surface area (Å²) in [7, 11) is 1.75. The molecule has 2 saturated heterocycles. The zero-order chi connectivity index (χ0) is 32.3. The average Bonchev–Trinajstić information content (AvgIpc) is 3.38. The van der Waals surface area contributed by atoms with Crippen LogP contribution in [0.2, 0.25) is 0 Å². The first-order valence-corrected chi connectivity index (χ1v) is 16.4. The predicted octanol–water partition coefficient (Wildman–Crippen LogP) is 5.81. The van der Waals surface area contributed by atoms with E-state index in [-0.39, 0.29) is 24.1 Å². The molecule has 2 amide bonds. The van der Waals surface area contributed by atoms with Crippen molar-refractivity contribution in [3.8, 4) is 5.69 Å². The highest BCUT2D eigenvalue weighted by molar-refractivity contribution is 5.99. The Morgan fingerprint density at radius 2 is 1.69 bits per heavy atom. The number of rotatable bonds is 8. The van der Waals surface area contributed by atoms with Crippen LogP contribution in [0, 0.1) is 5.82 Å². The standard InChI is InChI=1S/C35H49FN6O3/c1-24(2)39(6)33(43)29-21-26(36)7-8-31(29)42-23-30(28-9-14-37-22-32(28)42)25-10-15-40(16-11-25)19-20-41-17-12-27(13-18-41)38-34(44)45-35(3,4)5/h7-9,14,21-25,27H,10-13,15-20H2,1-6H3,(H,38,44). The molecule has 0 saturated carbocycles. The van der Waals surface area contributed by atoms with Crippen molar-refractivity contribution in [3.05, 3.63) is 59.8 Å². The minimum atomic E-state index is -0.483. The van der Waals surface area contributed by atoms with Crippen LogP contribution in [-0.2, 0) is 4.74 Å². The third-order valence-corrected chi connectivity index (χ3v) is 9.25. The van der Waals surface area contributed by atoms with E-state index in [0.717, 1.165) is 75.9 Å². The summed E-state index contributed by atoms with van der Waals surface area (Å²) in [5.74, 6) is -0.244. The molecule has 0 radical (unpaired) electrons. The number of carbonyl (C=O) groups is 2. The first-order chi connectivity index (χ1) is 21.4. The van der Waals surface area contributed by atoms with E-state index in [9.17, 15) is 14.0 Å². The largest absolute Gasteiger partial charge is 0.444 e. The maximum Gasteiger partial charge on any atom is 0.407 e. The van der Waals surface area contributed by atoms with Crippen LogP contribution in [0.1, 0.15) is 82.1 Å². The number of fused-ring (bicyclic) bond motifs is 1. The van der Waals surface area contributed by atoms with Gasteiger partial charge < -0.3 is 29.3 Å². The fourth-order valence-electron chi connectivity index (χ4n) is 6.46. The van der Waals surface area contributed by atoms with E-state index in [0.29, 0.717) is 17.2 Å². The van der Waals surface area contributed by atoms with E-state index < -0.39 is 11.4 Å². The molecule has 10 heteroatoms. The molecule has 2 aliphatic rings. The number of amides is 2. The highest BCUT2D eigenvalue weighted by Gasteiger charge is 2.28. The summed E-state index contributed by atoms with van der Waals surface area (Å²) in [5, 5.41) is 4.16. The molecule has 45 heavy (non-hydrogen) atoms. The van der Waals surface area contributed by atoms with Crippen LogP contribution >= 0.6 is 0 Å². The average molecular weight is 621 g/mol. The number of carbonyl (C=O) groups excluding carboxylic acids is 2. The number of nitrogens with one attached hydrogen (secondary N) is 1. The van der Waals surface area contributed by atoms with Crippen LogP contribution in [0.3, 0.4) is 0 Å². The SMILES string of the molecule is CC(C)N(C)C(=O)c1cc(F)ccc1-n1cc(C2CCN(CCN3CCC(NC(=O)OC(C)(C)C)CC3)CC2)c2ccncc21. The Hall–Kier alpha value is -3.50. The number of likely N-dealkylation sites (tertiary alicyclic amines) is 2. The summed E-state index contributed by atoms with van der Waals surface area (Å²) in [6, 6.07) is 6.68. The van der Waals surface area contributed by atoms with Crippen LogP contribution < -0.4 is 5.32 Å². The Bertz CT molecular complexity index is 1480. The number of halogens is 1. The van der Waals surface area contributed by atoms with Gasteiger partial charge in [0.25, 0.3) is 5.91 Å². The molecule has 2 aromatic heterocycles. The minimum Gasteiger partial charge on any atom is -0.444 e. The third kappa shape index (κ3) is 8.02. The maximum absolute atomic E-state index is 14.4. The highest BCUT2D eigenvalue weighted by Crippen LogP contribution is 2.36. The van der Waals surface area contributed by atoms with Crippen molar-refractivity contribution in [3.63, 3.8) is 0 Å². The van der Waals surface area contributed by atoms with Crippen molar-refractivity contribution < 1.29 is 18.7 Å². The monoisotopic (exact) mass is 620 g/mol. The molecule has 1 N–H and O–H groups in total. The summed E-state index contributed by atoms with van der Waals surface area (Å²) in [6.45, 7) is 15.6. The quantitative estimate of drug-likeness (QED) is 0.342. The Kier molecular flexibility index (Phi) is 10.1. The number of benzene rings is 1. The molecule has 2 fully saturated rings. The Morgan fingerprint density at radius 1 is 1.04 bits per heavy atom. The summed E-state index contributed by atoms with van der Waals surface area (Å²) >= 11 is 0. The Balaban J connectivity index is 1.20. The minimum absolute atomic E-state index is 0.00886. The van der Waals surface area contributed by atoms with E-state index >= 15 is 0 Å². The van der Waals surface area contributed by atoms with Crippen molar-refractivity contribution in [2.45, 2.75) is 83.9 Å². The van der Waals surface area contributed by atoms with Gasteiger partial charge in [-0.1, -0.05) is 0 Å². The van der Waals surface area contributed by atoms with Gasteiger partial charge in [-0.25, -0.2) is 9.18 Å². The van der Waals surface area contributed by atoms with E-state index in [1.165, 1.54) is 17.7 Å². The van der Waals surface area contributed by atoms with Gasteiger partial charge in [0.2, 0.25) is 0 Å². The molecule has 0 spiro atoms. The van der Waals surface area contributed by atoms with Crippen LogP contribution in [0.4, 0.5) is 9.18 Å². The molecule has 2 aliphatic heterocycles. The normalized spacial score (nSPS) is 17.6. The first-order valence-electron chi connectivity index (χ1n) is 16.4. The van der Waals surface area contributed by atoms with Gasteiger partial charge in [0, 0.05) is 63.1 Å². The van der Waals surface area contributed by atoms with Crippen LogP contribution in [-0.4, -0.2) is 100 Å². The molecule has 4 heterocycles. The van der Waals surface area contributed by atoms with Crippen molar-refractivity contribution >= 4 is 22.9 Å². The molecule has 0 unspecified atom stereocenters. The maximum atomic E-state index is 14.4. The number of alkyl carbamates (subject to hydrolysis) is 1. The Morgan fingerprint density at radius 3 is 2.31 bits per heavy atom. The van der Waals surface area contributed by atoms with Crippen molar-refractivity contribution in [2.75, 3.05) is 46.3 Å². The molecule has 244 valence electrons. The second-order valence-electron chi connectivity index (χ2n) is 13.9. The van der Waals surface area contributed by atoms with E-state index in [2.05, 4.69) is 32.4 Å². The number of pyridine rings is 1. The van der Waals surface area contributed by atoms with Crippen LogP contribution in [0.5, 0.6) is 0 Å². The van der Waals surface area contributed by atoms with Gasteiger partial charge in [0.15, 0.2) is 0 Å². The zero-order valence-electron chi connectivity index (χ0n) is 27.7. The lowest BCUT2D eigenvalue weighted by Gasteiger charge is -2.36. The molecule has 3 aromatic rings. The number of piperidine rings is 2. The van der Waals surface area contributed by atoms with Crippen molar-refractivity contribution in [2.24, 2.45) is 0 Å². The second kappa shape index (κ2) is 13.9. The molecular weight excluding hydrogens is 571 g/mol. The van der Waals surface area contributed by atoms with E-state index in [1.807, 2.05) is 51.6 Å². The number of hydrogen-bond donors (Lipinski definition) is 1. The van der Waals surface area contributed by atoms with Gasteiger partial charge in [-0.3, -0.25) is 9.78 Å². The molecule has 0 aliphatic carbocycles. The smallest absolute Gasteiger partial charge is 0.407 e. The molecule has 1 aromatic carbocycles. The van der Waals surface area contributed by atoms with Gasteiger partial charge >= 0.3 is 6.09 Å². The first kappa shape index (κ1) is 32.9. The summed E-state index contributed by atoms with van der Waals surface area (Å²) < 4.78 is 21.8. The fourth-order valence-corrected chi connectivity index (χ4v) is 6.46. The van der Waals surface area contributed by atoms with Gasteiger partial charge in [-0.15, -0.1) is 0 Å². The lowest BCUT2D eigenvalue weighted by atomic mass is 9.89. The topological polar surface area (TPSA) is 82.9 Å². The van der Waals surface area contributed by atoms with Gasteiger partial charge in [-0.2, -0.15) is 0 Å². The second-order valence-corrected chi connectivity index (χ2v) is 13.9. The zero-order valence-corrected chi connectivity index (χ0v) is 27.7. The van der Waals surface area contributed by atoms with Crippen molar-refractivity contribution in [1.29, 1.82) is 0 Å². The lowest BCUT2D eigenvalue weighted by molar-refractivity contribution is 0.0476. The number of ether oxygens (including phenoxy) is 1. The van der Waals surface area contributed by atoms with Crippen LogP contribution in [0.25, 0.3) is 16.6 Å². The number of hydrogen-bond acceptors (Lipinski definition) is 6. The third-order valence-electron chi connectivity index (χ3n) is 9.25. The predicted molar refractivity (Wildman–Crippen MR) is 176 cm³/mol. The summed E-state index contributed by atoms with van der Waals surface area (Å²) in [5.41, 5.74) is 2.71. The molecule has 9 nitrogen and oxygen atoms in total. The van der Waals surface area contributed by atoms with Gasteiger partial charge in [0.1, 0.15) is 11.4 Å². The van der Waals surface area contributed by atoms with Gasteiger partial charge in [0.05, 0.1) is 23.0 Å². The molecular formula is C35H49FN6O3. The summed E-state index contributed by atoms with van der Waals surface area (Å²) in [6.07, 6.45) is 9.45. The molecule has 0 bridgehead atoms. The fraction of sp³-hybridized carbons (Fsp3) is 0.571. The van der Waals surface area contributed by atoms with Crippen LogP contribution in [0.15, 0.2) is 42.9 Å². The van der Waals surface area contributed by atoms with Crippen molar-refractivity contribution in [1.82, 2.24) is 29.6 Å². The Labute approximate surface area is 266 Å². The lowest BCUT2D eigenvalue weighted by Crippen LogP contribution is -2.48. The summed E-state index contributed by atoms with van der Waals surface area (Å²) in [4.78, 5) is 36.6. The van der Waals surface area contributed by atoms with E-state index in [1.54, 1.807) is 18.0 Å². The van der Waals surface area contributed by atoms with Gasteiger partial charge in [-0.05, 0) is 109 Å². The van der Waals surface area contributed by atoms with E-state index in [4.69, 9.17) is 4.74 Å². The number of aromatic nitrogens is 2. The highest BCUT2D eigenvalue weighted by atomic mass is 19.1.